The molecule has 174 valence electrons. The summed E-state index contributed by atoms with van der Waals surface area (Å²) in [6, 6.07) is 10.7. The Bertz CT molecular complexity index is 1180. The molecule has 0 spiro atoms. The smallest absolute Gasteiger partial charge is 0.325 e. The number of aromatic nitrogens is 2. The Morgan fingerprint density at radius 2 is 1.82 bits per heavy atom. The molecule has 1 aromatic carbocycles. The number of anilines is 1. The Balaban J connectivity index is 2.09. The van der Waals surface area contributed by atoms with Gasteiger partial charge < -0.3 is 24.7 Å². The van der Waals surface area contributed by atoms with Crippen molar-refractivity contribution >= 4 is 34.5 Å². The summed E-state index contributed by atoms with van der Waals surface area (Å²) in [6.07, 6.45) is 0.339. The van der Waals surface area contributed by atoms with Gasteiger partial charge in [0, 0.05) is 12.6 Å². The molecule has 0 saturated heterocycles. The second-order valence-electron chi connectivity index (χ2n) is 7.69. The number of nitrogens with one attached hydrogen (secondary N) is 2. The third-order valence-corrected chi connectivity index (χ3v) is 5.00. The highest BCUT2D eigenvalue weighted by atomic mass is 16.5. The molecule has 0 unspecified atom stereocenters. The summed E-state index contributed by atoms with van der Waals surface area (Å²) in [4.78, 5) is 41.9. The number of carbonyl (C=O) groups excluding carboxylic acids is 3. The lowest BCUT2D eigenvalue weighted by Gasteiger charge is -2.13. The molecule has 9 nitrogen and oxygen atoms in total. The molecule has 0 saturated carbocycles. The van der Waals surface area contributed by atoms with Gasteiger partial charge in [-0.25, -0.2) is 4.98 Å². The summed E-state index contributed by atoms with van der Waals surface area (Å²) in [6.45, 7) is 5.36. The number of benzene rings is 1. The van der Waals surface area contributed by atoms with Crippen molar-refractivity contribution in [3.05, 3.63) is 53.3 Å². The van der Waals surface area contributed by atoms with E-state index in [2.05, 4.69) is 15.4 Å². The Hall–Kier alpha value is -3.88. The Morgan fingerprint density at radius 1 is 1.12 bits per heavy atom. The summed E-state index contributed by atoms with van der Waals surface area (Å²) in [7, 11) is 2.96. The molecule has 2 N–H and O–H groups in total. The van der Waals surface area contributed by atoms with Crippen molar-refractivity contribution in [1.29, 1.82) is 0 Å². The van der Waals surface area contributed by atoms with Crippen LogP contribution in [0.15, 0.2) is 36.4 Å². The molecule has 3 aromatic rings. The quantitative estimate of drug-likeness (QED) is 0.508. The lowest BCUT2D eigenvalue weighted by molar-refractivity contribution is -0.139. The number of ether oxygens (including phenoxy) is 2. The number of carbonyl (C=O) groups is 3. The zero-order valence-corrected chi connectivity index (χ0v) is 19.4. The van der Waals surface area contributed by atoms with Crippen LogP contribution < -0.4 is 15.4 Å². The zero-order valence-electron chi connectivity index (χ0n) is 19.4. The maximum Gasteiger partial charge on any atom is 0.325 e. The second kappa shape index (κ2) is 10.2. The molecule has 9 heteroatoms. The first-order chi connectivity index (χ1) is 15.8. The van der Waals surface area contributed by atoms with E-state index in [9.17, 15) is 14.4 Å². The van der Waals surface area contributed by atoms with Gasteiger partial charge in [0.05, 0.1) is 30.0 Å². The first-order valence-corrected chi connectivity index (χ1v) is 10.7. The summed E-state index contributed by atoms with van der Waals surface area (Å²) < 4.78 is 12.2. The minimum Gasteiger partial charge on any atom is -0.488 e. The van der Waals surface area contributed by atoms with Gasteiger partial charge in [-0.3, -0.25) is 14.4 Å². The highest BCUT2D eigenvalue weighted by Gasteiger charge is 2.26. The highest BCUT2D eigenvalue weighted by Crippen LogP contribution is 2.35. The van der Waals surface area contributed by atoms with Gasteiger partial charge >= 0.3 is 5.97 Å². The number of esters is 1. The maximum absolute atomic E-state index is 12.9. The van der Waals surface area contributed by atoms with Gasteiger partial charge in [0.1, 0.15) is 12.2 Å². The Kier molecular flexibility index (Phi) is 7.32. The van der Waals surface area contributed by atoms with E-state index in [1.165, 1.54) is 7.11 Å². The SMILES string of the molecule is CCc1nc2c(cc1NC(=O)c1ccccc1)c(OC(C)C)c(C(=O)NCC(=O)OC)n2C. The number of hydrogen-bond donors (Lipinski definition) is 2. The average molecular weight is 453 g/mol. The van der Waals surface area contributed by atoms with Crippen molar-refractivity contribution in [2.24, 2.45) is 7.05 Å². The Labute approximate surface area is 192 Å². The molecule has 0 aliphatic rings. The van der Waals surface area contributed by atoms with Crippen LogP contribution in [0.2, 0.25) is 0 Å². The van der Waals surface area contributed by atoms with E-state index >= 15 is 0 Å². The fourth-order valence-corrected chi connectivity index (χ4v) is 3.43. The van der Waals surface area contributed by atoms with Gasteiger partial charge in [0.2, 0.25) is 0 Å². The van der Waals surface area contributed by atoms with Crippen LogP contribution in [-0.2, 0) is 23.0 Å². The molecule has 0 bridgehead atoms. The standard InChI is InChI=1S/C24H28N4O5/c1-6-17-18(27-23(30)15-10-8-7-9-11-15)12-16-21(33-14(2)3)20(28(4)22(16)26-17)24(31)25-13-19(29)32-5/h7-12,14H,6,13H2,1-5H3,(H,25,31)(H,27,30). The third-order valence-electron chi connectivity index (χ3n) is 5.00. The fourth-order valence-electron chi connectivity index (χ4n) is 3.43. The minimum absolute atomic E-state index is 0.226. The monoisotopic (exact) mass is 452 g/mol. The second-order valence-corrected chi connectivity index (χ2v) is 7.69. The van der Waals surface area contributed by atoms with Crippen molar-refractivity contribution in [1.82, 2.24) is 14.9 Å². The molecule has 2 aromatic heterocycles. The number of fused-ring (bicyclic) bond motifs is 1. The van der Waals surface area contributed by atoms with Crippen molar-refractivity contribution in [2.45, 2.75) is 33.3 Å². The average Bonchev–Trinajstić information content (AvgIpc) is 3.07. The number of rotatable bonds is 8. The molecule has 0 radical (unpaired) electrons. The number of methoxy groups -OCH3 is 1. The molecule has 33 heavy (non-hydrogen) atoms. The van der Waals surface area contributed by atoms with E-state index in [-0.39, 0.29) is 24.2 Å². The number of hydrogen-bond acceptors (Lipinski definition) is 6. The predicted octanol–water partition coefficient (Wildman–Crippen LogP) is 3.08. The molecule has 3 rings (SSSR count). The zero-order chi connectivity index (χ0) is 24.1. The van der Waals surface area contributed by atoms with Crippen LogP contribution in [0.25, 0.3) is 11.0 Å². The first-order valence-electron chi connectivity index (χ1n) is 10.7. The fraction of sp³-hybridized carbons (Fsp3) is 0.333. The lowest BCUT2D eigenvalue weighted by Crippen LogP contribution is -2.31. The topological polar surface area (TPSA) is 112 Å². The molecule has 0 aliphatic heterocycles. The number of nitrogens with zero attached hydrogens (tertiary/aromatic N) is 2. The van der Waals surface area contributed by atoms with Gasteiger partial charge in [0.15, 0.2) is 11.4 Å². The van der Waals surface area contributed by atoms with Crippen LogP contribution >= 0.6 is 0 Å². The molecule has 0 fully saturated rings. The Morgan fingerprint density at radius 3 is 2.42 bits per heavy atom. The predicted molar refractivity (Wildman–Crippen MR) is 125 cm³/mol. The normalized spacial score (nSPS) is 10.8. The van der Waals surface area contributed by atoms with Crippen LogP contribution in [0.5, 0.6) is 5.75 Å². The van der Waals surface area contributed by atoms with E-state index in [1.54, 1.807) is 41.9 Å². The third kappa shape index (κ3) is 5.14. The van der Waals surface area contributed by atoms with Crippen LogP contribution in [0.4, 0.5) is 5.69 Å². The molecule has 2 amide bonds. The van der Waals surface area contributed by atoms with Crippen LogP contribution in [0.1, 0.15) is 47.3 Å². The van der Waals surface area contributed by atoms with Crippen molar-refractivity contribution in [3.63, 3.8) is 0 Å². The van der Waals surface area contributed by atoms with Gasteiger partial charge in [0.25, 0.3) is 11.8 Å². The summed E-state index contributed by atoms with van der Waals surface area (Å²) in [5, 5.41) is 6.06. The van der Waals surface area contributed by atoms with Gasteiger partial charge in [-0.05, 0) is 38.5 Å². The van der Waals surface area contributed by atoms with Gasteiger partial charge in [-0.15, -0.1) is 0 Å². The number of aryl methyl sites for hydroxylation is 2. The largest absolute Gasteiger partial charge is 0.488 e. The van der Waals surface area contributed by atoms with E-state index in [4.69, 9.17) is 9.72 Å². The van der Waals surface area contributed by atoms with Crippen molar-refractivity contribution in [3.8, 4) is 5.75 Å². The number of amides is 2. The molecule has 0 aliphatic carbocycles. The molecule has 2 heterocycles. The summed E-state index contributed by atoms with van der Waals surface area (Å²) in [5.41, 5.74) is 2.49. The molecule has 0 atom stereocenters. The summed E-state index contributed by atoms with van der Waals surface area (Å²) >= 11 is 0. The van der Waals surface area contributed by atoms with E-state index in [0.29, 0.717) is 40.1 Å². The summed E-state index contributed by atoms with van der Waals surface area (Å²) in [5.74, 6) is -0.991. The van der Waals surface area contributed by atoms with Gasteiger partial charge in [-0.1, -0.05) is 25.1 Å². The molecular formula is C24H28N4O5. The lowest BCUT2D eigenvalue weighted by atomic mass is 10.1. The molecular weight excluding hydrogens is 424 g/mol. The van der Waals surface area contributed by atoms with E-state index in [1.807, 2.05) is 26.8 Å². The van der Waals surface area contributed by atoms with E-state index < -0.39 is 11.9 Å². The van der Waals surface area contributed by atoms with Crippen LogP contribution in [0.3, 0.4) is 0 Å². The first kappa shape index (κ1) is 23.8. The number of pyridine rings is 1. The van der Waals surface area contributed by atoms with Gasteiger partial charge in [-0.2, -0.15) is 0 Å². The maximum atomic E-state index is 12.9. The van der Waals surface area contributed by atoms with Crippen molar-refractivity contribution in [2.75, 3.05) is 19.0 Å². The van der Waals surface area contributed by atoms with Crippen LogP contribution in [-0.4, -0.2) is 47.1 Å². The van der Waals surface area contributed by atoms with Crippen molar-refractivity contribution < 1.29 is 23.9 Å². The highest BCUT2D eigenvalue weighted by molar-refractivity contribution is 6.07. The van der Waals surface area contributed by atoms with E-state index in [0.717, 1.165) is 0 Å². The minimum atomic E-state index is -0.564. The van der Waals surface area contributed by atoms with Crippen LogP contribution in [0, 0.1) is 0 Å².